The van der Waals surface area contributed by atoms with Gasteiger partial charge in [0.25, 0.3) is 0 Å². The van der Waals surface area contributed by atoms with Crippen molar-refractivity contribution in [1.29, 1.82) is 0 Å². The molecule has 0 saturated carbocycles. The third-order valence-corrected chi connectivity index (χ3v) is 6.12. The van der Waals surface area contributed by atoms with Crippen LogP contribution in [0.4, 0.5) is 0 Å². The van der Waals surface area contributed by atoms with E-state index in [0.29, 0.717) is 6.42 Å². The molecule has 2 rings (SSSR count). The molecule has 0 heterocycles. The lowest BCUT2D eigenvalue weighted by molar-refractivity contribution is 0.484. The second-order valence-corrected chi connectivity index (χ2v) is 8.82. The van der Waals surface area contributed by atoms with Gasteiger partial charge in [0, 0.05) is 12.0 Å². The smallest absolute Gasteiger partial charge is 0.327 e. The molecule has 3 atom stereocenters. The van der Waals surface area contributed by atoms with Crippen LogP contribution in [0.5, 0.6) is 0 Å². The lowest BCUT2D eigenvalue weighted by Gasteiger charge is -2.20. The first-order valence-electron chi connectivity index (χ1n) is 10.6. The number of nitrogens with two attached hydrogens (primary N) is 1. The first-order chi connectivity index (χ1) is 13.6. The summed E-state index contributed by atoms with van der Waals surface area (Å²) < 4.78 is 11.5. The molecule has 3 N–H and O–H groups in total. The van der Waals surface area contributed by atoms with Crippen molar-refractivity contribution in [2.45, 2.75) is 70.3 Å². The molecule has 0 aliphatic heterocycles. The van der Waals surface area contributed by atoms with Crippen molar-refractivity contribution in [1.82, 2.24) is 0 Å². The molecule has 0 bridgehead atoms. The molecular formula is C24H35NO2P+. The van der Waals surface area contributed by atoms with E-state index in [9.17, 15) is 9.46 Å². The Morgan fingerprint density at radius 1 is 0.893 bits per heavy atom. The maximum Gasteiger partial charge on any atom is 0.506 e. The normalized spacial score (nSPS) is 13.9. The summed E-state index contributed by atoms with van der Waals surface area (Å²) in [7, 11) is -2.22. The van der Waals surface area contributed by atoms with Crippen LogP contribution in [-0.4, -0.2) is 17.1 Å². The fourth-order valence-electron chi connectivity index (χ4n) is 3.72. The average Bonchev–Trinajstić information content (AvgIpc) is 2.70. The highest BCUT2D eigenvalue weighted by Gasteiger charge is 2.28. The predicted molar refractivity (Wildman–Crippen MR) is 119 cm³/mol. The van der Waals surface area contributed by atoms with E-state index >= 15 is 0 Å². The lowest BCUT2D eigenvalue weighted by atomic mass is 9.89. The Labute approximate surface area is 171 Å². The molecule has 0 saturated heterocycles. The van der Waals surface area contributed by atoms with Crippen molar-refractivity contribution in [2.75, 3.05) is 6.16 Å². The van der Waals surface area contributed by atoms with Crippen molar-refractivity contribution in [3.63, 3.8) is 0 Å². The molecule has 2 aromatic rings. The monoisotopic (exact) mass is 400 g/mol. The van der Waals surface area contributed by atoms with E-state index in [2.05, 4.69) is 31.2 Å². The van der Waals surface area contributed by atoms with Gasteiger partial charge in [-0.1, -0.05) is 93.6 Å². The Balaban J connectivity index is 1.88. The van der Waals surface area contributed by atoms with Gasteiger partial charge in [0.05, 0.1) is 0 Å². The number of hydrogen-bond donors (Lipinski definition) is 2. The molecule has 152 valence electrons. The Bertz CT molecular complexity index is 688. The molecule has 4 heteroatoms. The van der Waals surface area contributed by atoms with Crippen LogP contribution in [0, 0.1) is 0 Å². The van der Waals surface area contributed by atoms with Crippen LogP contribution in [-0.2, 0) is 17.4 Å². The topological polar surface area (TPSA) is 63.3 Å². The standard InChI is InChI=1S/C24H34NO2P/c1-2-3-4-5-6-8-11-20-14-16-21(17-15-20)18-24(25)23(19-28(26)27)22-12-9-7-10-13-22/h7,9-10,12-17,23-24H,2-6,8,11,18-19,25H2,1H3/p+1. The molecule has 0 aromatic heterocycles. The van der Waals surface area contributed by atoms with E-state index in [1.54, 1.807) is 0 Å². The molecular weight excluding hydrogens is 365 g/mol. The quantitative estimate of drug-likeness (QED) is 0.321. The van der Waals surface area contributed by atoms with Crippen LogP contribution in [0.1, 0.15) is 68.1 Å². The minimum Gasteiger partial charge on any atom is -0.327 e. The zero-order valence-corrected chi connectivity index (χ0v) is 18.0. The van der Waals surface area contributed by atoms with Crippen molar-refractivity contribution < 1.29 is 9.46 Å². The molecule has 0 amide bonds. The molecule has 3 nitrogen and oxygen atoms in total. The van der Waals surface area contributed by atoms with Crippen molar-refractivity contribution in [3.8, 4) is 0 Å². The largest absolute Gasteiger partial charge is 0.506 e. The first kappa shape index (κ1) is 22.7. The highest BCUT2D eigenvalue weighted by atomic mass is 31.1. The Hall–Kier alpha value is -1.54. The Morgan fingerprint density at radius 3 is 2.14 bits per heavy atom. The number of rotatable bonds is 13. The van der Waals surface area contributed by atoms with E-state index in [0.717, 1.165) is 12.0 Å². The molecule has 2 aromatic carbocycles. The summed E-state index contributed by atoms with van der Waals surface area (Å²) in [5.74, 6) is -0.113. The van der Waals surface area contributed by atoms with Gasteiger partial charge in [0.15, 0.2) is 6.16 Å². The number of aryl methyl sites for hydroxylation is 1. The highest BCUT2D eigenvalue weighted by molar-refractivity contribution is 7.38. The third kappa shape index (κ3) is 8.22. The van der Waals surface area contributed by atoms with Crippen LogP contribution in [0.15, 0.2) is 54.6 Å². The second-order valence-electron chi connectivity index (χ2n) is 7.75. The molecule has 0 aliphatic carbocycles. The summed E-state index contributed by atoms with van der Waals surface area (Å²) in [6, 6.07) is 18.4. The van der Waals surface area contributed by atoms with Gasteiger partial charge in [0.2, 0.25) is 0 Å². The maximum atomic E-state index is 11.5. The van der Waals surface area contributed by atoms with Gasteiger partial charge in [-0.2, -0.15) is 4.89 Å². The predicted octanol–water partition coefficient (Wildman–Crippen LogP) is 5.98. The van der Waals surface area contributed by atoms with Gasteiger partial charge in [-0.15, -0.1) is 0 Å². The summed E-state index contributed by atoms with van der Waals surface area (Å²) in [4.78, 5) is 9.44. The summed E-state index contributed by atoms with van der Waals surface area (Å²) >= 11 is 0. The minimum absolute atomic E-state index is 0.113. The van der Waals surface area contributed by atoms with Crippen LogP contribution >= 0.6 is 8.03 Å². The van der Waals surface area contributed by atoms with Crippen LogP contribution in [0.25, 0.3) is 0 Å². The Morgan fingerprint density at radius 2 is 1.50 bits per heavy atom. The fraction of sp³-hybridized carbons (Fsp3) is 0.500. The zero-order valence-electron chi connectivity index (χ0n) is 17.1. The highest BCUT2D eigenvalue weighted by Crippen LogP contribution is 2.30. The van der Waals surface area contributed by atoms with Gasteiger partial charge in [-0.3, -0.25) is 0 Å². The van der Waals surface area contributed by atoms with E-state index < -0.39 is 8.03 Å². The SMILES string of the molecule is CCCCCCCCc1ccc(CC(N)C(C[P+](=O)O)c2ccccc2)cc1. The van der Waals surface area contributed by atoms with Gasteiger partial charge in [-0.05, 0) is 40.5 Å². The number of hydrogen-bond acceptors (Lipinski definition) is 2. The summed E-state index contributed by atoms with van der Waals surface area (Å²) in [5.41, 5.74) is 10.1. The number of unbranched alkanes of at least 4 members (excludes halogenated alkanes) is 5. The molecule has 28 heavy (non-hydrogen) atoms. The third-order valence-electron chi connectivity index (χ3n) is 5.41. The first-order valence-corrected chi connectivity index (χ1v) is 12.0. The van der Waals surface area contributed by atoms with Gasteiger partial charge in [-0.25, -0.2) is 0 Å². The minimum atomic E-state index is -2.22. The van der Waals surface area contributed by atoms with Crippen LogP contribution in [0.2, 0.25) is 0 Å². The lowest BCUT2D eigenvalue weighted by Crippen LogP contribution is -2.32. The van der Waals surface area contributed by atoms with Gasteiger partial charge >= 0.3 is 8.03 Å². The molecule has 0 fully saturated rings. The number of benzene rings is 2. The molecule has 0 radical (unpaired) electrons. The fourth-order valence-corrected chi connectivity index (χ4v) is 4.54. The van der Waals surface area contributed by atoms with Crippen molar-refractivity contribution in [3.05, 3.63) is 71.3 Å². The van der Waals surface area contributed by atoms with E-state index in [4.69, 9.17) is 5.73 Å². The summed E-state index contributed by atoms with van der Waals surface area (Å²) in [6.45, 7) is 2.25. The van der Waals surface area contributed by atoms with E-state index in [1.807, 2.05) is 30.3 Å². The van der Waals surface area contributed by atoms with Crippen molar-refractivity contribution in [2.24, 2.45) is 5.73 Å². The van der Waals surface area contributed by atoms with Gasteiger partial charge < -0.3 is 5.73 Å². The molecule has 3 unspecified atom stereocenters. The van der Waals surface area contributed by atoms with Crippen molar-refractivity contribution >= 4 is 8.03 Å². The summed E-state index contributed by atoms with van der Waals surface area (Å²) in [6.07, 6.45) is 9.96. The molecule has 0 spiro atoms. The molecule has 0 aliphatic rings. The Kier molecular flexibility index (Phi) is 10.4. The maximum absolute atomic E-state index is 11.5. The van der Waals surface area contributed by atoms with Gasteiger partial charge in [0.1, 0.15) is 0 Å². The van der Waals surface area contributed by atoms with Crippen LogP contribution in [0.3, 0.4) is 0 Å². The second kappa shape index (κ2) is 12.8. The average molecular weight is 401 g/mol. The zero-order chi connectivity index (χ0) is 20.2. The van der Waals surface area contributed by atoms with E-state index in [-0.39, 0.29) is 18.1 Å². The van der Waals surface area contributed by atoms with E-state index in [1.165, 1.54) is 49.7 Å². The van der Waals surface area contributed by atoms with Crippen LogP contribution < -0.4 is 5.73 Å². The summed E-state index contributed by atoms with van der Waals surface area (Å²) in [5, 5.41) is 0.